The van der Waals surface area contributed by atoms with E-state index < -0.39 is 0 Å². The molecule has 2 nitrogen and oxygen atoms in total. The Hall–Kier alpha value is -3.17. The molecule has 0 fully saturated rings. The third-order valence-corrected chi connectivity index (χ3v) is 7.76. The molecular weight excluding hydrogens is 480 g/mol. The van der Waals surface area contributed by atoms with Crippen LogP contribution in [-0.4, -0.2) is 19.3 Å². The number of hydrogen-bond donors (Lipinski definition) is 0. The largest absolute Gasteiger partial charge is 0.371 e. The topological polar surface area (TPSA) is 15.6 Å². The third-order valence-electron chi connectivity index (χ3n) is 7.23. The van der Waals surface area contributed by atoms with Gasteiger partial charge in [0.1, 0.15) is 0 Å². The second-order valence-corrected chi connectivity index (χ2v) is 10.2. The monoisotopic (exact) mass is 506 g/mol. The maximum Gasteiger partial charge on any atom is 0.0637 e. The Balaban J connectivity index is 1.49. The molecule has 0 radical (unpaired) electrons. The molecule has 0 unspecified atom stereocenters. The van der Waals surface area contributed by atoms with E-state index in [0.717, 1.165) is 41.7 Å². The highest BCUT2D eigenvalue weighted by Gasteiger charge is 2.34. The molecule has 2 aliphatic rings. The summed E-state index contributed by atoms with van der Waals surface area (Å²) in [5.41, 5.74) is 9.26. The first-order chi connectivity index (χ1) is 16.8. The standard InChI is InChI=1S/C31H27BrN2/c32-25-13-11-22(12-14-25)21-33-26-19-29-27(23-7-3-1-4-8-23)15-17-34-18-16-28(30(20-26)31(29)34)24-9-5-2-6-10-24/h1-14,19-21,27-28H,15-18H2/t27-,28-/m1/s1. The molecule has 168 valence electrons. The van der Waals surface area contributed by atoms with Crippen LogP contribution in [0.2, 0.25) is 0 Å². The van der Waals surface area contributed by atoms with Crippen LogP contribution in [-0.2, 0) is 0 Å². The van der Waals surface area contributed by atoms with Crippen molar-refractivity contribution in [2.24, 2.45) is 4.99 Å². The maximum absolute atomic E-state index is 4.97. The van der Waals surface area contributed by atoms with Gasteiger partial charge in [-0.3, -0.25) is 4.99 Å². The van der Waals surface area contributed by atoms with Crippen LogP contribution in [0.4, 0.5) is 11.4 Å². The SMILES string of the molecule is Brc1ccc(C=Nc2cc3c4c(c2)[C@@H](c2ccccc2)CCN4CC[C@@H]3c2ccccc2)cc1. The van der Waals surface area contributed by atoms with E-state index in [0.29, 0.717) is 11.8 Å². The van der Waals surface area contributed by atoms with E-state index in [9.17, 15) is 0 Å². The predicted octanol–water partition coefficient (Wildman–Crippen LogP) is 8.08. The van der Waals surface area contributed by atoms with E-state index in [1.807, 2.05) is 6.21 Å². The van der Waals surface area contributed by atoms with Gasteiger partial charge in [0.2, 0.25) is 0 Å². The minimum Gasteiger partial charge on any atom is -0.371 e. The first kappa shape index (κ1) is 21.4. The van der Waals surface area contributed by atoms with Gasteiger partial charge in [-0.1, -0.05) is 88.7 Å². The molecule has 0 saturated carbocycles. The van der Waals surface area contributed by atoms with Gasteiger partial charge in [-0.2, -0.15) is 0 Å². The van der Waals surface area contributed by atoms with Gasteiger partial charge in [0, 0.05) is 41.3 Å². The second kappa shape index (κ2) is 9.23. The van der Waals surface area contributed by atoms with Gasteiger partial charge in [0.25, 0.3) is 0 Å². The van der Waals surface area contributed by atoms with Crippen LogP contribution in [0.15, 0.2) is 107 Å². The van der Waals surface area contributed by atoms with Crippen LogP contribution in [0, 0.1) is 0 Å². The van der Waals surface area contributed by atoms with Crippen molar-refractivity contribution in [2.45, 2.75) is 24.7 Å². The minimum atomic E-state index is 0.406. The minimum absolute atomic E-state index is 0.406. The summed E-state index contributed by atoms with van der Waals surface area (Å²) in [5, 5.41) is 0. The van der Waals surface area contributed by atoms with Gasteiger partial charge in [-0.25, -0.2) is 0 Å². The molecule has 4 aromatic carbocycles. The lowest BCUT2D eigenvalue weighted by Gasteiger charge is -2.43. The fourth-order valence-corrected chi connectivity index (χ4v) is 5.88. The van der Waals surface area contributed by atoms with E-state index in [-0.39, 0.29) is 0 Å². The molecule has 2 atom stereocenters. The quantitative estimate of drug-likeness (QED) is 0.255. The first-order valence-electron chi connectivity index (χ1n) is 12.1. The summed E-state index contributed by atoms with van der Waals surface area (Å²) in [4.78, 5) is 7.59. The molecule has 0 spiro atoms. The lowest BCUT2D eigenvalue weighted by atomic mass is 9.76. The molecule has 2 heterocycles. The third kappa shape index (κ3) is 4.10. The Kier molecular flexibility index (Phi) is 5.80. The molecule has 0 N–H and O–H groups in total. The van der Waals surface area contributed by atoms with E-state index in [1.165, 1.54) is 27.9 Å². The van der Waals surface area contributed by atoms with Crippen molar-refractivity contribution in [3.63, 3.8) is 0 Å². The van der Waals surface area contributed by atoms with Gasteiger partial charge in [-0.05, 0) is 64.9 Å². The molecule has 3 heteroatoms. The number of halogens is 1. The van der Waals surface area contributed by atoms with E-state index >= 15 is 0 Å². The molecular formula is C31H27BrN2. The molecule has 0 saturated heterocycles. The Morgan fingerprint density at radius 3 is 1.76 bits per heavy atom. The molecule has 0 amide bonds. The lowest BCUT2D eigenvalue weighted by Crippen LogP contribution is -2.37. The van der Waals surface area contributed by atoms with Crippen LogP contribution in [0.1, 0.15) is 52.5 Å². The van der Waals surface area contributed by atoms with Crippen molar-refractivity contribution in [1.29, 1.82) is 0 Å². The predicted molar refractivity (Wildman–Crippen MR) is 146 cm³/mol. The van der Waals surface area contributed by atoms with Crippen LogP contribution < -0.4 is 4.90 Å². The Labute approximate surface area is 210 Å². The fourth-order valence-electron chi connectivity index (χ4n) is 5.61. The van der Waals surface area contributed by atoms with Gasteiger partial charge in [-0.15, -0.1) is 0 Å². The highest BCUT2D eigenvalue weighted by Crippen LogP contribution is 2.49. The summed E-state index contributed by atoms with van der Waals surface area (Å²) < 4.78 is 1.08. The van der Waals surface area contributed by atoms with E-state index in [4.69, 9.17) is 4.99 Å². The zero-order valence-corrected chi connectivity index (χ0v) is 20.7. The zero-order chi connectivity index (χ0) is 22.9. The van der Waals surface area contributed by atoms with E-state index in [1.54, 1.807) is 0 Å². The lowest BCUT2D eigenvalue weighted by molar-refractivity contribution is 0.571. The number of anilines is 1. The van der Waals surface area contributed by atoms with Crippen LogP contribution in [0.5, 0.6) is 0 Å². The Morgan fingerprint density at radius 2 is 1.24 bits per heavy atom. The van der Waals surface area contributed by atoms with Gasteiger partial charge < -0.3 is 4.90 Å². The summed E-state index contributed by atoms with van der Waals surface area (Å²) in [7, 11) is 0. The Bertz CT molecular complexity index is 1240. The average molecular weight is 507 g/mol. The smallest absolute Gasteiger partial charge is 0.0637 e. The van der Waals surface area contributed by atoms with Crippen molar-refractivity contribution in [2.75, 3.05) is 18.0 Å². The highest BCUT2D eigenvalue weighted by molar-refractivity contribution is 9.10. The number of rotatable bonds is 4. The average Bonchev–Trinajstić information content (AvgIpc) is 2.90. The van der Waals surface area contributed by atoms with Crippen molar-refractivity contribution in [1.82, 2.24) is 0 Å². The first-order valence-corrected chi connectivity index (χ1v) is 12.9. The second-order valence-electron chi connectivity index (χ2n) is 9.27. The van der Waals surface area contributed by atoms with Crippen LogP contribution in [0.3, 0.4) is 0 Å². The molecule has 6 rings (SSSR count). The van der Waals surface area contributed by atoms with Crippen LogP contribution >= 0.6 is 15.9 Å². The molecule has 2 aliphatic heterocycles. The van der Waals surface area contributed by atoms with Crippen molar-refractivity contribution in [3.05, 3.63) is 129 Å². The Morgan fingerprint density at radius 1 is 0.706 bits per heavy atom. The zero-order valence-electron chi connectivity index (χ0n) is 19.1. The number of nitrogens with zero attached hydrogens (tertiary/aromatic N) is 2. The van der Waals surface area contributed by atoms with Crippen molar-refractivity contribution in [3.8, 4) is 0 Å². The van der Waals surface area contributed by atoms with Crippen molar-refractivity contribution >= 4 is 33.5 Å². The summed E-state index contributed by atoms with van der Waals surface area (Å²) in [6.07, 6.45) is 4.28. The van der Waals surface area contributed by atoms with Crippen molar-refractivity contribution < 1.29 is 0 Å². The fraction of sp³-hybridized carbons (Fsp3) is 0.194. The number of aliphatic imine (C=N–C) groups is 1. The normalized spacial score (nSPS) is 19.3. The highest BCUT2D eigenvalue weighted by atomic mass is 79.9. The molecule has 34 heavy (non-hydrogen) atoms. The van der Waals surface area contributed by atoms with Gasteiger partial charge in [0.05, 0.1) is 5.69 Å². The summed E-state index contributed by atoms with van der Waals surface area (Å²) in [5.74, 6) is 0.812. The molecule has 0 aromatic heterocycles. The summed E-state index contributed by atoms with van der Waals surface area (Å²) >= 11 is 3.52. The molecule has 4 aromatic rings. The van der Waals surface area contributed by atoms with Crippen LogP contribution in [0.25, 0.3) is 0 Å². The number of hydrogen-bond acceptors (Lipinski definition) is 2. The summed E-state index contributed by atoms with van der Waals surface area (Å²) in [6, 6.07) is 35.0. The van der Waals surface area contributed by atoms with Gasteiger partial charge in [0.15, 0.2) is 0 Å². The summed E-state index contributed by atoms with van der Waals surface area (Å²) in [6.45, 7) is 2.23. The van der Waals surface area contributed by atoms with E-state index in [2.05, 4.69) is 118 Å². The molecule has 0 bridgehead atoms. The number of benzene rings is 4. The van der Waals surface area contributed by atoms with Gasteiger partial charge >= 0.3 is 0 Å². The maximum atomic E-state index is 4.97. The molecule has 0 aliphatic carbocycles.